The Morgan fingerprint density at radius 3 is 1.69 bits per heavy atom. The molecule has 1 aromatic heterocycles. The van der Waals surface area contributed by atoms with Crippen LogP contribution in [-0.2, 0) is 58.5 Å². The van der Waals surface area contributed by atoms with Crippen LogP contribution in [0.5, 0.6) is 0 Å². The Morgan fingerprint density at radius 2 is 1.20 bits per heavy atom. The third-order valence-corrected chi connectivity index (χ3v) is 11.8. The average Bonchev–Trinajstić information content (AvgIpc) is 3.06. The van der Waals surface area contributed by atoms with Crippen molar-refractivity contribution in [1.29, 1.82) is 0 Å². The molecule has 49 heavy (non-hydrogen) atoms. The molecule has 13 nitrogen and oxygen atoms in total. The number of hydrogen-bond acceptors (Lipinski definition) is 13. The molecule has 0 saturated carbocycles. The van der Waals surface area contributed by atoms with E-state index in [2.05, 4.69) is 27.8 Å². The number of hydrogen-bond donors (Lipinski definition) is 0. The van der Waals surface area contributed by atoms with Crippen molar-refractivity contribution in [3.63, 3.8) is 0 Å². The lowest BCUT2D eigenvalue weighted by molar-refractivity contribution is 0.0584. The van der Waals surface area contributed by atoms with Crippen molar-refractivity contribution in [2.75, 3.05) is 52.5 Å². The fourth-order valence-corrected chi connectivity index (χ4v) is 9.34. The van der Waals surface area contributed by atoms with E-state index in [1.54, 1.807) is 49.6 Å². The van der Waals surface area contributed by atoms with Gasteiger partial charge in [-0.25, -0.2) is 9.13 Å². The van der Waals surface area contributed by atoms with Crippen molar-refractivity contribution >= 4 is 59.3 Å². The first-order valence-corrected chi connectivity index (χ1v) is 21.1. The minimum absolute atomic E-state index is 0.0450. The second-order valence-electron chi connectivity index (χ2n) is 10.2. The van der Waals surface area contributed by atoms with E-state index in [0.29, 0.717) is 17.0 Å². The summed E-state index contributed by atoms with van der Waals surface area (Å²) in [7, 11) is -8.38. The first kappa shape index (κ1) is 41.6. The van der Waals surface area contributed by atoms with E-state index in [0.717, 1.165) is 20.8 Å². The number of pyridine rings is 1. The zero-order chi connectivity index (χ0) is 35.7. The predicted octanol–water partition coefficient (Wildman–Crippen LogP) is 8.81. The number of nitrogens with zero attached hydrogens (tertiary/aromatic N) is 3. The number of benzene rings is 2. The molecule has 0 spiro atoms. The van der Waals surface area contributed by atoms with Crippen LogP contribution in [0.3, 0.4) is 0 Å². The van der Waals surface area contributed by atoms with E-state index in [1.807, 2.05) is 36.4 Å². The topological polar surface area (TPSA) is 143 Å². The minimum Gasteiger partial charge on any atom is -0.308 e. The summed E-state index contributed by atoms with van der Waals surface area (Å²) in [5.74, 6) is 6.52. The van der Waals surface area contributed by atoms with Crippen LogP contribution in [0, 0.1) is 11.8 Å². The molecule has 1 heterocycles. The molecule has 18 heteroatoms. The van der Waals surface area contributed by atoms with E-state index in [9.17, 15) is 18.3 Å². The maximum atomic E-state index is 13.7. The molecule has 3 aromatic rings. The summed E-state index contributed by atoms with van der Waals surface area (Å²) in [6.45, 7) is 7.39. The number of aromatic nitrogens is 1. The highest BCUT2D eigenvalue weighted by Gasteiger charge is 2.34. The van der Waals surface area contributed by atoms with Crippen LogP contribution < -0.4 is 0 Å². The maximum Gasteiger partial charge on any atom is 0.344 e. The molecule has 0 saturated heterocycles. The number of halogens is 1. The van der Waals surface area contributed by atoms with E-state index in [4.69, 9.17) is 32.1 Å². The van der Waals surface area contributed by atoms with Gasteiger partial charge in [-0.2, -0.15) is 0 Å². The quantitative estimate of drug-likeness (QED) is 0.0542. The Morgan fingerprint density at radius 1 is 0.714 bits per heavy atom. The second-order valence-corrected chi connectivity index (χ2v) is 15.9. The SMILES string of the molecule is CCOP(=O)(CN(Cc1cc(C#Cc2ccc(Br)c3ccccc23)cc(CN(COP=O)COP=O)n1)CP(=O)(OCC)OCC)OCC. The highest BCUT2D eigenvalue weighted by Crippen LogP contribution is 2.53. The molecule has 0 aliphatic heterocycles. The lowest BCUT2D eigenvalue weighted by atomic mass is 10.0. The molecule has 0 bridgehead atoms. The average molecular weight is 818 g/mol. The van der Waals surface area contributed by atoms with Gasteiger partial charge in [0, 0.05) is 28.7 Å². The number of rotatable bonds is 22. The summed E-state index contributed by atoms with van der Waals surface area (Å²) in [4.78, 5) is 8.04. The third-order valence-electron chi connectivity index (χ3n) is 6.55. The highest BCUT2D eigenvalue weighted by atomic mass is 79.9. The summed E-state index contributed by atoms with van der Waals surface area (Å²) >= 11 is 3.61. The fourth-order valence-electron chi connectivity index (χ4n) is 4.85. The molecule has 0 fully saturated rings. The molecule has 2 aromatic carbocycles. The van der Waals surface area contributed by atoms with Gasteiger partial charge in [-0.05, 0) is 62.7 Å². The molecule has 0 unspecified atom stereocenters. The summed E-state index contributed by atoms with van der Waals surface area (Å²) in [6.07, 6.45) is -0.425. The Bertz CT molecular complexity index is 1640. The molecule has 266 valence electrons. The normalized spacial score (nSPS) is 12.3. The first-order valence-electron chi connectivity index (χ1n) is 15.4. The Balaban J connectivity index is 2.12. The summed E-state index contributed by atoms with van der Waals surface area (Å²) < 4.78 is 82.7. The van der Waals surface area contributed by atoms with Crippen molar-refractivity contribution < 1.29 is 45.4 Å². The van der Waals surface area contributed by atoms with E-state index in [1.165, 1.54) is 0 Å². The Kier molecular flexibility index (Phi) is 18.3. The van der Waals surface area contributed by atoms with Gasteiger partial charge >= 0.3 is 32.6 Å². The van der Waals surface area contributed by atoms with E-state index < -0.39 is 32.6 Å². The van der Waals surface area contributed by atoms with Crippen molar-refractivity contribution in [2.45, 2.75) is 40.8 Å². The number of fused-ring (bicyclic) bond motifs is 1. The van der Waals surface area contributed by atoms with Crippen LogP contribution in [0.4, 0.5) is 0 Å². The van der Waals surface area contributed by atoms with Gasteiger partial charge in [-0.1, -0.05) is 52.0 Å². The standard InChI is InChI=1S/C31H40BrN3O10P4/c1-5-42-48(38,43-6-2)23-35(24-49(39,44-7-3)45-8-4)20-28-18-25(17-27(33-28)19-34(21-40-46-36)22-41-47-37)13-14-26-15-16-31(32)30-12-10-9-11-29(26)30/h9-12,15-18H,5-8,19-24H2,1-4H3. The van der Waals surface area contributed by atoms with Crippen LogP contribution in [0.2, 0.25) is 0 Å². The van der Waals surface area contributed by atoms with Gasteiger partial charge in [0.25, 0.3) is 0 Å². The van der Waals surface area contributed by atoms with Crippen molar-refractivity contribution in [3.05, 3.63) is 75.5 Å². The van der Waals surface area contributed by atoms with Crippen molar-refractivity contribution in [1.82, 2.24) is 14.8 Å². The maximum absolute atomic E-state index is 13.7. The van der Waals surface area contributed by atoms with Gasteiger partial charge in [0.05, 0.1) is 37.8 Å². The van der Waals surface area contributed by atoms with Crippen LogP contribution in [0.25, 0.3) is 10.8 Å². The lowest BCUT2D eigenvalue weighted by Crippen LogP contribution is -2.29. The van der Waals surface area contributed by atoms with Crippen LogP contribution >= 0.6 is 48.5 Å². The largest absolute Gasteiger partial charge is 0.344 e. The van der Waals surface area contributed by atoms with E-state index >= 15 is 0 Å². The van der Waals surface area contributed by atoms with E-state index in [-0.39, 0.29) is 65.6 Å². The summed E-state index contributed by atoms with van der Waals surface area (Å²) in [5, 5.41) is 2.00. The third kappa shape index (κ3) is 13.7. The van der Waals surface area contributed by atoms with Gasteiger partial charge in [-0.3, -0.25) is 33.0 Å². The zero-order valence-corrected chi connectivity index (χ0v) is 32.9. The molecule has 0 atom stereocenters. The van der Waals surface area contributed by atoms with Crippen molar-refractivity contribution in [3.8, 4) is 11.8 Å². The Labute approximate surface area is 299 Å². The minimum atomic E-state index is -3.66. The molecular formula is C31H40BrN3O10P4. The van der Waals surface area contributed by atoms with Gasteiger partial charge in [0.2, 0.25) is 0 Å². The molecule has 0 aliphatic carbocycles. The molecular weight excluding hydrogens is 778 g/mol. The van der Waals surface area contributed by atoms with Gasteiger partial charge in [0.15, 0.2) is 0 Å². The van der Waals surface area contributed by atoms with Gasteiger partial charge in [0.1, 0.15) is 26.0 Å². The summed E-state index contributed by atoms with van der Waals surface area (Å²) in [6, 6.07) is 15.4. The smallest absolute Gasteiger partial charge is 0.308 e. The van der Waals surface area contributed by atoms with Crippen LogP contribution in [0.1, 0.15) is 50.2 Å². The first-order chi connectivity index (χ1) is 23.6. The fraction of sp³-hybridized carbons (Fsp3) is 0.452. The van der Waals surface area contributed by atoms with Crippen LogP contribution in [0.15, 0.2) is 53.0 Å². The van der Waals surface area contributed by atoms with Gasteiger partial charge in [-0.15, -0.1) is 0 Å². The summed E-state index contributed by atoms with van der Waals surface area (Å²) in [5.41, 5.74) is 2.44. The zero-order valence-electron chi connectivity index (χ0n) is 27.8. The second kappa shape index (κ2) is 21.6. The molecule has 0 amide bonds. The Hall–Kier alpha value is -1.77. The van der Waals surface area contributed by atoms with Gasteiger partial charge < -0.3 is 18.1 Å². The van der Waals surface area contributed by atoms with Crippen LogP contribution in [-0.4, -0.2) is 67.2 Å². The predicted molar refractivity (Wildman–Crippen MR) is 192 cm³/mol. The molecule has 0 aliphatic rings. The lowest BCUT2D eigenvalue weighted by Gasteiger charge is -2.29. The molecule has 0 radical (unpaired) electrons. The highest BCUT2D eigenvalue weighted by molar-refractivity contribution is 9.10. The molecule has 3 rings (SSSR count). The monoisotopic (exact) mass is 817 g/mol. The molecule has 0 N–H and O–H groups in total. The van der Waals surface area contributed by atoms with Crippen molar-refractivity contribution in [2.24, 2.45) is 0 Å².